The predicted molar refractivity (Wildman–Crippen MR) is 50.4 cm³/mol. The van der Waals surface area contributed by atoms with Gasteiger partial charge in [-0.3, -0.25) is 9.79 Å². The molecule has 0 N–H and O–H groups in total. The van der Waals surface area contributed by atoms with Crippen LogP contribution in [0.3, 0.4) is 0 Å². The number of hydrogen-bond donors (Lipinski definition) is 0. The van der Waals surface area contributed by atoms with E-state index in [1.165, 1.54) is 6.21 Å². The fourth-order valence-electron chi connectivity index (χ4n) is 0.378. The van der Waals surface area contributed by atoms with Crippen molar-refractivity contribution < 1.29 is 4.79 Å². The second kappa shape index (κ2) is 9.37. The number of hydrogen-bond acceptors (Lipinski definition) is 2. The van der Waals surface area contributed by atoms with Crippen molar-refractivity contribution in [3.63, 3.8) is 0 Å². The first-order valence-electron chi connectivity index (χ1n) is 3.50. The van der Waals surface area contributed by atoms with Crippen LogP contribution in [0.4, 0.5) is 0 Å². The highest BCUT2D eigenvalue weighted by Gasteiger charge is 1.98. The normalized spacial score (nSPS) is 10.8. The summed E-state index contributed by atoms with van der Waals surface area (Å²) in [6.07, 6.45) is 3.04. The van der Waals surface area contributed by atoms with Gasteiger partial charge in [-0.2, -0.15) is 0 Å². The monoisotopic (exact) mass is 175 g/mol. The van der Waals surface area contributed by atoms with Crippen molar-refractivity contribution >= 4 is 23.1 Å². The molecular formula is C8H14ClNO. The van der Waals surface area contributed by atoms with Gasteiger partial charge >= 0.3 is 0 Å². The Labute approximate surface area is 73.0 Å². The average molecular weight is 176 g/mol. The van der Waals surface area contributed by atoms with Crippen molar-refractivity contribution in [3.05, 3.63) is 11.6 Å². The highest BCUT2D eigenvalue weighted by atomic mass is 35.5. The summed E-state index contributed by atoms with van der Waals surface area (Å²) in [7, 11) is 1.59. The molecule has 0 rings (SSSR count). The molecule has 0 heterocycles. The fourth-order valence-corrected chi connectivity index (χ4v) is 0.536. The summed E-state index contributed by atoms with van der Waals surface area (Å²) in [6.45, 7) is 5.73. The van der Waals surface area contributed by atoms with Gasteiger partial charge in [0, 0.05) is 18.8 Å². The van der Waals surface area contributed by atoms with Gasteiger partial charge in [-0.15, -0.1) is 0 Å². The molecule has 2 nitrogen and oxygen atoms in total. The Kier molecular flexibility index (Phi) is 11.1. The van der Waals surface area contributed by atoms with E-state index in [2.05, 4.69) is 4.99 Å². The number of halogens is 1. The first kappa shape index (κ1) is 13.0. The molecule has 0 fully saturated rings. The molecule has 0 amide bonds. The minimum absolute atomic E-state index is 0.430. The van der Waals surface area contributed by atoms with Crippen LogP contribution >= 0.6 is 11.6 Å². The van der Waals surface area contributed by atoms with Crippen LogP contribution in [0.25, 0.3) is 0 Å². The lowest BCUT2D eigenvalue weighted by Gasteiger charge is -1.86. The number of allylic oxidation sites excluding steroid dienone is 2. The van der Waals surface area contributed by atoms with E-state index in [0.29, 0.717) is 5.57 Å². The number of carbonyl (C=O) groups excluding carboxylic acids is 1. The van der Waals surface area contributed by atoms with Crippen molar-refractivity contribution in [2.24, 2.45) is 4.99 Å². The van der Waals surface area contributed by atoms with Crippen LogP contribution in [0.2, 0.25) is 0 Å². The second-order valence-electron chi connectivity index (χ2n) is 1.41. The lowest BCUT2D eigenvalue weighted by molar-refractivity contribution is -0.108. The van der Waals surface area contributed by atoms with Crippen molar-refractivity contribution in [1.29, 1.82) is 0 Å². The third-order valence-corrected chi connectivity index (χ3v) is 1.02. The van der Waals surface area contributed by atoms with E-state index in [1.807, 2.05) is 13.8 Å². The maximum atomic E-state index is 10.4. The summed E-state index contributed by atoms with van der Waals surface area (Å²) in [5.41, 5.74) is 0.430. The summed E-state index contributed by atoms with van der Waals surface area (Å²) in [4.78, 5) is 14.0. The van der Waals surface area contributed by atoms with E-state index in [9.17, 15) is 4.79 Å². The number of aliphatic imine (C=N–C) groups is 1. The zero-order chi connectivity index (χ0) is 9.28. The average Bonchev–Trinajstić information content (AvgIpc) is 2.03. The molecule has 0 spiro atoms. The topological polar surface area (TPSA) is 29.4 Å². The lowest BCUT2D eigenvalue weighted by Crippen LogP contribution is -1.93. The van der Waals surface area contributed by atoms with Crippen LogP contribution in [0.15, 0.2) is 16.6 Å². The fraction of sp³-hybridized carbons (Fsp3) is 0.500. The van der Waals surface area contributed by atoms with Gasteiger partial charge < -0.3 is 0 Å². The molecule has 0 aromatic carbocycles. The van der Waals surface area contributed by atoms with Gasteiger partial charge in [0.15, 0.2) is 0 Å². The van der Waals surface area contributed by atoms with Crippen LogP contribution in [0.1, 0.15) is 20.8 Å². The third-order valence-electron chi connectivity index (χ3n) is 0.806. The van der Waals surface area contributed by atoms with Crippen LogP contribution in [0.5, 0.6) is 0 Å². The molecule has 0 aromatic heterocycles. The van der Waals surface area contributed by atoms with E-state index in [-0.39, 0.29) is 0 Å². The maximum Gasteiger partial charge on any atom is 0.253 e. The highest BCUT2D eigenvalue weighted by molar-refractivity contribution is 6.69. The number of nitrogens with zero attached hydrogens (tertiary/aromatic N) is 1. The van der Waals surface area contributed by atoms with Gasteiger partial charge in [0.05, 0.1) is 0 Å². The van der Waals surface area contributed by atoms with E-state index in [1.54, 1.807) is 20.0 Å². The maximum absolute atomic E-state index is 10.4. The molecule has 0 aliphatic carbocycles. The van der Waals surface area contributed by atoms with Crippen LogP contribution < -0.4 is 0 Å². The van der Waals surface area contributed by atoms with Gasteiger partial charge in [-0.05, 0) is 18.5 Å². The smallest absolute Gasteiger partial charge is 0.253 e. The predicted octanol–water partition coefficient (Wildman–Crippen LogP) is 2.42. The molecule has 0 aliphatic rings. The summed E-state index contributed by atoms with van der Waals surface area (Å²) >= 11 is 5.12. The largest absolute Gasteiger partial charge is 0.296 e. The number of rotatable bonds is 2. The Morgan fingerprint density at radius 1 is 1.45 bits per heavy atom. The van der Waals surface area contributed by atoms with Gasteiger partial charge in [0.25, 0.3) is 5.24 Å². The number of carbonyl (C=O) groups is 1. The Bertz CT molecular complexity index is 161. The molecule has 0 aromatic rings. The van der Waals surface area contributed by atoms with Crippen molar-refractivity contribution in [2.75, 3.05) is 7.05 Å². The molecule has 0 aliphatic heterocycles. The molecule has 11 heavy (non-hydrogen) atoms. The zero-order valence-electron chi connectivity index (χ0n) is 7.39. The molecule has 0 unspecified atom stereocenters. The van der Waals surface area contributed by atoms with E-state index < -0.39 is 5.24 Å². The third kappa shape index (κ3) is 7.26. The van der Waals surface area contributed by atoms with E-state index in [0.717, 1.165) is 0 Å². The standard InChI is InChI=1S/C6H8ClNO.C2H6/c1-3-5(4-8-2)6(7)9;1-2/h3-4H,1-2H3;1-2H3/b5-3+,8-4?;. The summed E-state index contributed by atoms with van der Waals surface area (Å²) in [5.74, 6) is 0. The molecular weight excluding hydrogens is 162 g/mol. The van der Waals surface area contributed by atoms with Gasteiger partial charge in [-0.25, -0.2) is 0 Å². The molecule has 0 radical (unpaired) electrons. The molecule has 0 saturated carbocycles. The Morgan fingerprint density at radius 3 is 2.00 bits per heavy atom. The molecule has 0 bridgehead atoms. The van der Waals surface area contributed by atoms with Crippen LogP contribution in [-0.2, 0) is 4.79 Å². The summed E-state index contributed by atoms with van der Waals surface area (Å²) in [5, 5.41) is -0.469. The summed E-state index contributed by atoms with van der Waals surface area (Å²) < 4.78 is 0. The first-order chi connectivity index (χ1) is 5.22. The molecule has 64 valence electrons. The van der Waals surface area contributed by atoms with Crippen molar-refractivity contribution in [1.82, 2.24) is 0 Å². The summed E-state index contributed by atoms with van der Waals surface area (Å²) in [6, 6.07) is 0. The Morgan fingerprint density at radius 2 is 1.91 bits per heavy atom. The highest BCUT2D eigenvalue weighted by Crippen LogP contribution is 1.95. The molecule has 0 atom stereocenters. The lowest BCUT2D eigenvalue weighted by atomic mass is 10.3. The van der Waals surface area contributed by atoms with Gasteiger partial charge in [0.2, 0.25) is 0 Å². The quantitative estimate of drug-likeness (QED) is 0.360. The van der Waals surface area contributed by atoms with Gasteiger partial charge in [0.1, 0.15) is 0 Å². The molecule has 0 saturated heterocycles. The zero-order valence-corrected chi connectivity index (χ0v) is 8.14. The van der Waals surface area contributed by atoms with Crippen molar-refractivity contribution in [2.45, 2.75) is 20.8 Å². The Balaban J connectivity index is 0. The molecule has 3 heteroatoms. The minimum Gasteiger partial charge on any atom is -0.296 e. The van der Waals surface area contributed by atoms with Crippen LogP contribution in [0, 0.1) is 0 Å². The van der Waals surface area contributed by atoms with Crippen molar-refractivity contribution in [3.8, 4) is 0 Å². The SMILES string of the molecule is C/C=C(\C=NC)C(=O)Cl.CC. The van der Waals surface area contributed by atoms with E-state index in [4.69, 9.17) is 11.6 Å². The second-order valence-corrected chi connectivity index (χ2v) is 1.75. The Hall–Kier alpha value is -0.630. The van der Waals surface area contributed by atoms with Crippen LogP contribution in [-0.4, -0.2) is 18.5 Å². The van der Waals surface area contributed by atoms with E-state index >= 15 is 0 Å². The first-order valence-corrected chi connectivity index (χ1v) is 3.88. The van der Waals surface area contributed by atoms with Gasteiger partial charge in [-0.1, -0.05) is 19.9 Å². The minimum atomic E-state index is -0.469.